The molecular formula is C16H15Cl3N3O3+. The van der Waals surface area contributed by atoms with Crippen molar-refractivity contribution < 1.29 is 15.0 Å². The monoisotopic (exact) mass is 402 g/mol. The molecular weight excluding hydrogens is 389 g/mol. The Hall–Kier alpha value is -1.86. The van der Waals surface area contributed by atoms with E-state index in [0.29, 0.717) is 6.54 Å². The Morgan fingerprint density at radius 3 is 2.44 bits per heavy atom. The first kappa shape index (κ1) is 19.5. The Balaban J connectivity index is 2.10. The SMILES string of the molecule is O=C(NC([NH2+]Cc1ccccc1)C(Cl)(Cl)Cl)c1cccc([N+](=O)[O-])c1. The molecule has 0 fully saturated rings. The minimum absolute atomic E-state index is 0.113. The highest BCUT2D eigenvalue weighted by Gasteiger charge is 2.37. The fourth-order valence-corrected chi connectivity index (χ4v) is 2.56. The van der Waals surface area contributed by atoms with Gasteiger partial charge in [-0.25, -0.2) is 0 Å². The van der Waals surface area contributed by atoms with Gasteiger partial charge in [0.15, 0.2) is 0 Å². The van der Waals surface area contributed by atoms with Gasteiger partial charge in [0, 0.05) is 23.3 Å². The number of benzene rings is 2. The summed E-state index contributed by atoms with van der Waals surface area (Å²) in [4.78, 5) is 22.6. The summed E-state index contributed by atoms with van der Waals surface area (Å²) in [5, 5.41) is 15.1. The molecule has 0 aromatic heterocycles. The number of carbonyl (C=O) groups is 1. The second kappa shape index (κ2) is 8.49. The fourth-order valence-electron chi connectivity index (χ4n) is 2.13. The number of alkyl halides is 3. The molecule has 0 spiro atoms. The van der Waals surface area contributed by atoms with Crippen molar-refractivity contribution in [3.05, 3.63) is 75.8 Å². The molecule has 2 aromatic carbocycles. The molecule has 2 aromatic rings. The summed E-state index contributed by atoms with van der Waals surface area (Å²) in [6.45, 7) is 0.481. The molecule has 9 heteroatoms. The van der Waals surface area contributed by atoms with Crippen molar-refractivity contribution in [1.29, 1.82) is 0 Å². The van der Waals surface area contributed by atoms with Crippen molar-refractivity contribution in [3.63, 3.8) is 0 Å². The predicted octanol–water partition coefficient (Wildman–Crippen LogP) is 2.78. The second-order valence-electron chi connectivity index (χ2n) is 5.23. The molecule has 0 bridgehead atoms. The zero-order chi connectivity index (χ0) is 18.4. The Morgan fingerprint density at radius 1 is 1.16 bits per heavy atom. The number of non-ortho nitro benzene ring substituents is 1. The third kappa shape index (κ3) is 5.86. The Labute approximate surface area is 159 Å². The van der Waals surface area contributed by atoms with Gasteiger partial charge in [-0.2, -0.15) is 0 Å². The molecule has 0 saturated carbocycles. The van der Waals surface area contributed by atoms with Crippen LogP contribution in [0.15, 0.2) is 54.6 Å². The number of hydrogen-bond donors (Lipinski definition) is 2. The van der Waals surface area contributed by atoms with E-state index in [-0.39, 0.29) is 11.3 Å². The lowest BCUT2D eigenvalue weighted by Gasteiger charge is -2.23. The molecule has 132 valence electrons. The van der Waals surface area contributed by atoms with Crippen molar-refractivity contribution in [2.75, 3.05) is 0 Å². The standard InChI is InChI=1S/C16H14Cl3N3O3/c17-16(18,19)15(20-10-11-5-2-1-3-6-11)21-14(23)12-7-4-8-13(9-12)22(24)25/h1-9,15,20H,10H2,(H,21,23)/p+1. The van der Waals surface area contributed by atoms with Gasteiger partial charge in [0.2, 0.25) is 6.17 Å². The van der Waals surface area contributed by atoms with E-state index < -0.39 is 20.8 Å². The normalized spacial score (nSPS) is 12.4. The highest BCUT2D eigenvalue weighted by atomic mass is 35.6. The average molecular weight is 404 g/mol. The number of nitrogens with one attached hydrogen (secondary N) is 1. The van der Waals surface area contributed by atoms with Crippen LogP contribution in [-0.2, 0) is 6.54 Å². The smallest absolute Gasteiger partial charge is 0.270 e. The quantitative estimate of drug-likeness (QED) is 0.336. The largest absolute Gasteiger partial charge is 0.319 e. The van der Waals surface area contributed by atoms with Crippen LogP contribution in [0.2, 0.25) is 0 Å². The van der Waals surface area contributed by atoms with Crippen LogP contribution in [0.25, 0.3) is 0 Å². The number of nitrogens with two attached hydrogens (primary N) is 1. The molecule has 1 unspecified atom stereocenters. The van der Waals surface area contributed by atoms with Crippen LogP contribution in [0.3, 0.4) is 0 Å². The second-order valence-corrected chi connectivity index (χ2v) is 7.59. The number of nitrogens with zero attached hydrogens (tertiary/aromatic N) is 1. The molecule has 1 amide bonds. The summed E-state index contributed by atoms with van der Waals surface area (Å²) in [5.41, 5.74) is 0.916. The third-order valence-corrected chi connectivity index (χ3v) is 4.10. The summed E-state index contributed by atoms with van der Waals surface area (Å²) in [6, 6.07) is 14.8. The van der Waals surface area contributed by atoms with Gasteiger partial charge in [-0.15, -0.1) is 0 Å². The number of rotatable bonds is 6. The summed E-state index contributed by atoms with van der Waals surface area (Å²) >= 11 is 17.9. The molecule has 1 atom stereocenters. The zero-order valence-corrected chi connectivity index (χ0v) is 15.1. The van der Waals surface area contributed by atoms with E-state index in [1.165, 1.54) is 24.3 Å². The number of nitro groups is 1. The molecule has 0 heterocycles. The molecule has 25 heavy (non-hydrogen) atoms. The number of carbonyl (C=O) groups excluding carboxylic acids is 1. The summed E-state index contributed by atoms with van der Waals surface area (Å²) in [7, 11) is 0. The maximum Gasteiger partial charge on any atom is 0.270 e. The lowest BCUT2D eigenvalue weighted by Crippen LogP contribution is -2.95. The Morgan fingerprint density at radius 2 is 1.84 bits per heavy atom. The predicted molar refractivity (Wildman–Crippen MR) is 96.7 cm³/mol. The molecule has 2 rings (SSSR count). The van der Waals surface area contributed by atoms with Crippen molar-refractivity contribution in [1.82, 2.24) is 5.32 Å². The van der Waals surface area contributed by atoms with Crippen LogP contribution < -0.4 is 10.6 Å². The number of halogens is 3. The maximum absolute atomic E-state index is 12.4. The highest BCUT2D eigenvalue weighted by Crippen LogP contribution is 2.27. The van der Waals surface area contributed by atoms with E-state index >= 15 is 0 Å². The van der Waals surface area contributed by atoms with E-state index in [1.54, 1.807) is 5.32 Å². The van der Waals surface area contributed by atoms with Crippen LogP contribution >= 0.6 is 34.8 Å². The molecule has 0 radical (unpaired) electrons. The van der Waals surface area contributed by atoms with Crippen molar-refractivity contribution in [3.8, 4) is 0 Å². The maximum atomic E-state index is 12.4. The molecule has 0 aliphatic heterocycles. The summed E-state index contributed by atoms with van der Waals surface area (Å²) in [6.07, 6.45) is -0.871. The first-order valence-corrected chi connectivity index (χ1v) is 8.40. The highest BCUT2D eigenvalue weighted by molar-refractivity contribution is 6.68. The first-order valence-electron chi connectivity index (χ1n) is 7.26. The van der Waals surface area contributed by atoms with Crippen LogP contribution in [0.1, 0.15) is 15.9 Å². The van der Waals surface area contributed by atoms with Gasteiger partial charge < -0.3 is 5.32 Å². The first-order chi connectivity index (χ1) is 11.8. The minimum Gasteiger partial charge on any atom is -0.319 e. The number of nitro benzene ring substituents is 1. The lowest BCUT2D eigenvalue weighted by molar-refractivity contribution is -0.706. The molecule has 0 saturated heterocycles. The number of hydrogen-bond acceptors (Lipinski definition) is 3. The fraction of sp³-hybridized carbons (Fsp3) is 0.188. The van der Waals surface area contributed by atoms with E-state index in [4.69, 9.17) is 34.8 Å². The summed E-state index contributed by atoms with van der Waals surface area (Å²) in [5.74, 6) is -0.565. The van der Waals surface area contributed by atoms with Gasteiger partial charge >= 0.3 is 0 Å². The number of quaternary nitrogens is 1. The van der Waals surface area contributed by atoms with Gasteiger partial charge in [-0.1, -0.05) is 71.2 Å². The van der Waals surface area contributed by atoms with E-state index in [1.807, 2.05) is 30.3 Å². The van der Waals surface area contributed by atoms with Crippen LogP contribution in [0, 0.1) is 10.1 Å². The lowest BCUT2D eigenvalue weighted by atomic mass is 10.2. The molecule has 6 nitrogen and oxygen atoms in total. The topological polar surface area (TPSA) is 88.8 Å². The Bertz CT molecular complexity index is 751. The van der Waals surface area contributed by atoms with Crippen molar-refractivity contribution in [2.24, 2.45) is 0 Å². The van der Waals surface area contributed by atoms with E-state index in [2.05, 4.69) is 5.32 Å². The molecule has 3 N–H and O–H groups in total. The van der Waals surface area contributed by atoms with Crippen molar-refractivity contribution >= 4 is 46.4 Å². The zero-order valence-electron chi connectivity index (χ0n) is 12.9. The van der Waals surface area contributed by atoms with Crippen molar-refractivity contribution in [2.45, 2.75) is 16.5 Å². The molecule has 0 aliphatic rings. The van der Waals surface area contributed by atoms with Crippen LogP contribution in [0.4, 0.5) is 5.69 Å². The van der Waals surface area contributed by atoms with Gasteiger partial charge in [0.05, 0.1) is 4.92 Å². The van der Waals surface area contributed by atoms with Gasteiger partial charge in [-0.3, -0.25) is 20.2 Å². The van der Waals surface area contributed by atoms with Gasteiger partial charge in [-0.05, 0) is 6.07 Å². The van der Waals surface area contributed by atoms with Gasteiger partial charge in [0.25, 0.3) is 15.4 Å². The molecule has 0 aliphatic carbocycles. The summed E-state index contributed by atoms with van der Waals surface area (Å²) < 4.78 is -1.76. The van der Waals surface area contributed by atoms with E-state index in [0.717, 1.165) is 5.56 Å². The van der Waals surface area contributed by atoms with Crippen LogP contribution in [0.5, 0.6) is 0 Å². The van der Waals surface area contributed by atoms with Gasteiger partial charge in [0.1, 0.15) is 6.54 Å². The number of amides is 1. The Kier molecular flexibility index (Phi) is 6.61. The minimum atomic E-state index is -1.76. The van der Waals surface area contributed by atoms with E-state index in [9.17, 15) is 14.9 Å². The van der Waals surface area contributed by atoms with Crippen LogP contribution in [-0.4, -0.2) is 20.8 Å². The third-order valence-electron chi connectivity index (χ3n) is 3.39. The average Bonchev–Trinajstić information content (AvgIpc) is 2.58.